The third-order valence-electron chi connectivity index (χ3n) is 4.91. The minimum atomic E-state index is -0.404. The van der Waals surface area contributed by atoms with Crippen molar-refractivity contribution in [3.8, 4) is 0 Å². The summed E-state index contributed by atoms with van der Waals surface area (Å²) in [6, 6.07) is 7.26. The average Bonchev–Trinajstić information content (AvgIpc) is 3.16. The number of benzene rings is 1. The molecule has 3 aromatic rings. The molecule has 0 fully saturated rings. The van der Waals surface area contributed by atoms with Crippen LogP contribution in [0.1, 0.15) is 41.6 Å². The van der Waals surface area contributed by atoms with Crippen LogP contribution in [0.4, 0.5) is 0 Å². The lowest BCUT2D eigenvalue weighted by Gasteiger charge is -2.16. The fourth-order valence-electron chi connectivity index (χ4n) is 3.15. The molecule has 0 radical (unpaired) electrons. The number of hydrogen-bond acceptors (Lipinski definition) is 3. The maximum Gasteiger partial charge on any atom is 0.242 e. The summed E-state index contributed by atoms with van der Waals surface area (Å²) in [5.74, 6) is -0.0751. The number of ketones is 1. The summed E-state index contributed by atoms with van der Waals surface area (Å²) < 4.78 is 3.90. The highest BCUT2D eigenvalue weighted by atomic mass is 16.2. The quantitative estimate of drug-likeness (QED) is 0.693. The number of Topliss-reactive ketones (excluding diaryl/α,β-unsaturated/α-hetero) is 1. The maximum absolute atomic E-state index is 12.6. The largest absolute Gasteiger partial charge is 0.353 e. The number of rotatable bonds is 6. The molecule has 0 spiro atoms. The van der Waals surface area contributed by atoms with Crippen LogP contribution in [0.25, 0.3) is 10.9 Å². The van der Waals surface area contributed by atoms with Gasteiger partial charge < -0.3 is 14.5 Å². The molecule has 136 valence electrons. The molecule has 0 saturated heterocycles. The fraction of sp³-hybridized carbons (Fsp3) is 0.350. The number of aryl methyl sites for hydroxylation is 1. The van der Waals surface area contributed by atoms with E-state index in [-0.39, 0.29) is 11.7 Å². The standard InChI is InChI=1S/C20H24N4O2/c1-13-14(2)23(12-22-13)10-9-21-20(26)15(3)24-11-18(16(4)25)17-7-5-6-8-19(17)24/h5-8,11-12,15H,9-10H2,1-4H3,(H,21,26)/t15-/m0/s1. The Balaban J connectivity index is 1.73. The molecule has 0 unspecified atom stereocenters. The molecule has 0 aliphatic heterocycles. The molecule has 6 nitrogen and oxygen atoms in total. The van der Waals surface area contributed by atoms with Crippen molar-refractivity contribution in [1.29, 1.82) is 0 Å². The second-order valence-corrected chi connectivity index (χ2v) is 6.60. The normalized spacial score (nSPS) is 12.3. The van der Waals surface area contributed by atoms with Crippen LogP contribution in [0.3, 0.4) is 0 Å². The molecule has 1 aromatic carbocycles. The molecular weight excluding hydrogens is 328 g/mol. The molecule has 26 heavy (non-hydrogen) atoms. The first-order valence-corrected chi connectivity index (χ1v) is 8.76. The van der Waals surface area contributed by atoms with E-state index in [0.29, 0.717) is 18.7 Å². The van der Waals surface area contributed by atoms with Gasteiger partial charge in [0, 0.05) is 41.4 Å². The van der Waals surface area contributed by atoms with Gasteiger partial charge in [-0.05, 0) is 33.8 Å². The number of nitrogens with one attached hydrogen (secondary N) is 1. The summed E-state index contributed by atoms with van der Waals surface area (Å²) in [5.41, 5.74) is 3.64. The van der Waals surface area contributed by atoms with Gasteiger partial charge in [-0.15, -0.1) is 0 Å². The van der Waals surface area contributed by atoms with Crippen molar-refractivity contribution in [1.82, 2.24) is 19.4 Å². The molecule has 1 atom stereocenters. The van der Waals surface area contributed by atoms with E-state index in [4.69, 9.17) is 0 Å². The lowest BCUT2D eigenvalue weighted by molar-refractivity contribution is -0.123. The third-order valence-corrected chi connectivity index (χ3v) is 4.91. The summed E-state index contributed by atoms with van der Waals surface area (Å²) >= 11 is 0. The number of hydrogen-bond donors (Lipinski definition) is 1. The van der Waals surface area contributed by atoms with Gasteiger partial charge in [-0.2, -0.15) is 0 Å². The summed E-state index contributed by atoms with van der Waals surface area (Å²) in [5, 5.41) is 3.85. The molecule has 0 bridgehead atoms. The number of nitrogens with zero attached hydrogens (tertiary/aromatic N) is 3. The van der Waals surface area contributed by atoms with Crippen molar-refractivity contribution in [2.24, 2.45) is 0 Å². The van der Waals surface area contributed by atoms with Gasteiger partial charge in [-0.1, -0.05) is 18.2 Å². The number of amides is 1. The Morgan fingerprint density at radius 3 is 2.62 bits per heavy atom. The zero-order valence-electron chi connectivity index (χ0n) is 15.6. The van der Waals surface area contributed by atoms with Gasteiger partial charge in [0.25, 0.3) is 0 Å². The van der Waals surface area contributed by atoms with E-state index in [1.807, 2.05) is 54.2 Å². The van der Waals surface area contributed by atoms with Crippen molar-refractivity contribution in [2.75, 3.05) is 6.54 Å². The Morgan fingerprint density at radius 1 is 1.23 bits per heavy atom. The summed E-state index contributed by atoms with van der Waals surface area (Å²) in [6.45, 7) is 8.58. The topological polar surface area (TPSA) is 68.9 Å². The SMILES string of the molecule is CC(=O)c1cn([C@@H](C)C(=O)NCCn2cnc(C)c2C)c2ccccc12. The van der Waals surface area contributed by atoms with E-state index < -0.39 is 6.04 Å². The van der Waals surface area contributed by atoms with Crippen LogP contribution < -0.4 is 5.32 Å². The van der Waals surface area contributed by atoms with Crippen molar-refractivity contribution in [2.45, 2.75) is 40.3 Å². The highest BCUT2D eigenvalue weighted by molar-refractivity contribution is 6.07. The zero-order chi connectivity index (χ0) is 18.8. The second kappa shape index (κ2) is 7.15. The summed E-state index contributed by atoms with van der Waals surface area (Å²) in [7, 11) is 0. The monoisotopic (exact) mass is 352 g/mol. The molecular formula is C20H24N4O2. The minimum Gasteiger partial charge on any atom is -0.353 e. The predicted octanol–water partition coefficient (Wildman–Crippen LogP) is 3.03. The van der Waals surface area contributed by atoms with E-state index in [1.165, 1.54) is 0 Å². The Hall–Kier alpha value is -2.89. The Labute approximate surface area is 152 Å². The average molecular weight is 352 g/mol. The van der Waals surface area contributed by atoms with Crippen LogP contribution in [-0.2, 0) is 11.3 Å². The van der Waals surface area contributed by atoms with Crippen LogP contribution >= 0.6 is 0 Å². The number of carbonyl (C=O) groups excluding carboxylic acids is 2. The minimum absolute atomic E-state index is 0.00138. The first kappa shape index (κ1) is 17.9. The lowest BCUT2D eigenvalue weighted by atomic mass is 10.1. The van der Waals surface area contributed by atoms with Crippen LogP contribution in [0.5, 0.6) is 0 Å². The fourth-order valence-corrected chi connectivity index (χ4v) is 3.15. The van der Waals surface area contributed by atoms with Gasteiger partial charge in [0.1, 0.15) is 6.04 Å². The maximum atomic E-state index is 12.6. The number of carbonyl (C=O) groups is 2. The third kappa shape index (κ3) is 3.27. The van der Waals surface area contributed by atoms with Crippen molar-refractivity contribution < 1.29 is 9.59 Å². The van der Waals surface area contributed by atoms with Crippen LogP contribution in [0.15, 0.2) is 36.8 Å². The van der Waals surface area contributed by atoms with E-state index in [0.717, 1.165) is 22.3 Å². The number of para-hydroxylation sites is 1. The molecule has 1 N–H and O–H groups in total. The molecule has 0 aliphatic carbocycles. The van der Waals surface area contributed by atoms with E-state index in [2.05, 4.69) is 10.3 Å². The molecule has 1 amide bonds. The first-order chi connectivity index (χ1) is 12.4. The van der Waals surface area contributed by atoms with E-state index in [9.17, 15) is 9.59 Å². The smallest absolute Gasteiger partial charge is 0.242 e. The predicted molar refractivity (Wildman–Crippen MR) is 101 cm³/mol. The van der Waals surface area contributed by atoms with Gasteiger partial charge in [-0.3, -0.25) is 9.59 Å². The molecule has 0 aliphatic rings. The van der Waals surface area contributed by atoms with Crippen molar-refractivity contribution >= 4 is 22.6 Å². The van der Waals surface area contributed by atoms with Crippen molar-refractivity contribution in [3.63, 3.8) is 0 Å². The van der Waals surface area contributed by atoms with Gasteiger partial charge in [0.2, 0.25) is 5.91 Å². The van der Waals surface area contributed by atoms with Gasteiger partial charge in [0.15, 0.2) is 5.78 Å². The second-order valence-electron chi connectivity index (χ2n) is 6.60. The lowest BCUT2D eigenvalue weighted by Crippen LogP contribution is -2.33. The van der Waals surface area contributed by atoms with E-state index >= 15 is 0 Å². The number of aromatic nitrogens is 3. The Kier molecular flexibility index (Phi) is 4.93. The molecule has 6 heteroatoms. The molecule has 0 saturated carbocycles. The molecule has 3 rings (SSSR count). The van der Waals surface area contributed by atoms with Crippen LogP contribution in [0.2, 0.25) is 0 Å². The highest BCUT2D eigenvalue weighted by Gasteiger charge is 2.19. The van der Waals surface area contributed by atoms with Gasteiger partial charge >= 0.3 is 0 Å². The van der Waals surface area contributed by atoms with Crippen LogP contribution in [0, 0.1) is 13.8 Å². The summed E-state index contributed by atoms with van der Waals surface area (Å²) in [4.78, 5) is 28.8. The van der Waals surface area contributed by atoms with Gasteiger partial charge in [-0.25, -0.2) is 4.98 Å². The summed E-state index contributed by atoms with van der Waals surface area (Å²) in [6.07, 6.45) is 3.57. The highest BCUT2D eigenvalue weighted by Crippen LogP contribution is 2.25. The Bertz CT molecular complexity index is 968. The van der Waals surface area contributed by atoms with E-state index in [1.54, 1.807) is 19.4 Å². The Morgan fingerprint density at radius 2 is 1.96 bits per heavy atom. The number of imidazole rings is 1. The first-order valence-electron chi connectivity index (χ1n) is 8.76. The van der Waals surface area contributed by atoms with Crippen LogP contribution in [-0.4, -0.2) is 32.4 Å². The molecule has 2 heterocycles. The number of fused-ring (bicyclic) bond motifs is 1. The van der Waals surface area contributed by atoms with Gasteiger partial charge in [0.05, 0.1) is 12.0 Å². The molecule has 2 aromatic heterocycles. The van der Waals surface area contributed by atoms with Crippen molar-refractivity contribution in [3.05, 3.63) is 53.7 Å². The zero-order valence-corrected chi connectivity index (χ0v) is 15.6.